The molecule has 3 rings (SSSR count). The van der Waals surface area contributed by atoms with Crippen molar-refractivity contribution in [3.8, 4) is 0 Å². The van der Waals surface area contributed by atoms with E-state index in [2.05, 4.69) is 21.2 Å². The first-order valence-electron chi connectivity index (χ1n) is 6.75. The van der Waals surface area contributed by atoms with Crippen LogP contribution in [-0.2, 0) is 6.42 Å². The SMILES string of the molecule is Cc1c(C(=O)NCCc2ccc(Br)s2)oc2ccc(F)cc12. The van der Waals surface area contributed by atoms with E-state index in [0.29, 0.717) is 23.1 Å². The normalized spacial score (nSPS) is 11.0. The van der Waals surface area contributed by atoms with Crippen LogP contribution in [0.5, 0.6) is 0 Å². The molecule has 0 unspecified atom stereocenters. The molecule has 0 bridgehead atoms. The van der Waals surface area contributed by atoms with Gasteiger partial charge in [0, 0.05) is 22.4 Å². The fraction of sp³-hybridized carbons (Fsp3) is 0.188. The van der Waals surface area contributed by atoms with Crippen LogP contribution in [0.15, 0.2) is 38.5 Å². The van der Waals surface area contributed by atoms with E-state index in [1.807, 2.05) is 12.1 Å². The summed E-state index contributed by atoms with van der Waals surface area (Å²) in [4.78, 5) is 13.4. The summed E-state index contributed by atoms with van der Waals surface area (Å²) in [6.07, 6.45) is 0.760. The van der Waals surface area contributed by atoms with Gasteiger partial charge >= 0.3 is 0 Å². The predicted octanol–water partition coefficient (Wildman–Crippen LogP) is 4.68. The van der Waals surface area contributed by atoms with Crippen LogP contribution in [-0.4, -0.2) is 12.5 Å². The molecule has 0 aliphatic carbocycles. The van der Waals surface area contributed by atoms with Gasteiger partial charge in [0.2, 0.25) is 0 Å². The lowest BCUT2D eigenvalue weighted by Crippen LogP contribution is -2.25. The molecule has 0 aliphatic rings. The smallest absolute Gasteiger partial charge is 0.287 e. The molecule has 0 fully saturated rings. The number of hydrogen-bond acceptors (Lipinski definition) is 3. The Hall–Kier alpha value is -1.66. The molecule has 22 heavy (non-hydrogen) atoms. The summed E-state index contributed by atoms with van der Waals surface area (Å²) in [6, 6.07) is 8.25. The summed E-state index contributed by atoms with van der Waals surface area (Å²) in [5.74, 6) is -0.371. The summed E-state index contributed by atoms with van der Waals surface area (Å²) in [7, 11) is 0. The maximum Gasteiger partial charge on any atom is 0.287 e. The number of carbonyl (C=O) groups excluding carboxylic acids is 1. The molecule has 1 aromatic carbocycles. The summed E-state index contributed by atoms with van der Waals surface area (Å²) in [6.45, 7) is 2.28. The highest BCUT2D eigenvalue weighted by molar-refractivity contribution is 9.11. The van der Waals surface area contributed by atoms with Crippen molar-refractivity contribution in [2.75, 3.05) is 6.54 Å². The molecule has 1 amide bonds. The van der Waals surface area contributed by atoms with Crippen LogP contribution < -0.4 is 5.32 Å². The molecule has 6 heteroatoms. The largest absolute Gasteiger partial charge is 0.451 e. The minimum atomic E-state index is -0.341. The topological polar surface area (TPSA) is 42.2 Å². The first-order chi connectivity index (χ1) is 10.5. The van der Waals surface area contributed by atoms with Gasteiger partial charge in [-0.3, -0.25) is 4.79 Å². The van der Waals surface area contributed by atoms with Gasteiger partial charge in [0.1, 0.15) is 11.4 Å². The molecule has 2 heterocycles. The van der Waals surface area contributed by atoms with Gasteiger partial charge < -0.3 is 9.73 Å². The second kappa shape index (κ2) is 6.22. The molecular formula is C16H13BrFNO2S. The molecule has 3 aromatic rings. The average Bonchev–Trinajstić information content (AvgIpc) is 3.03. The van der Waals surface area contributed by atoms with Gasteiger partial charge in [-0.05, 0) is 59.6 Å². The van der Waals surface area contributed by atoms with Crippen molar-refractivity contribution < 1.29 is 13.6 Å². The van der Waals surface area contributed by atoms with Crippen LogP contribution in [0.2, 0.25) is 0 Å². The van der Waals surface area contributed by atoms with Crippen molar-refractivity contribution in [1.29, 1.82) is 0 Å². The Morgan fingerprint density at radius 2 is 2.18 bits per heavy atom. The molecule has 3 nitrogen and oxygen atoms in total. The number of halogens is 2. The van der Waals surface area contributed by atoms with Crippen LogP contribution in [0.3, 0.4) is 0 Å². The third kappa shape index (κ3) is 3.08. The van der Waals surface area contributed by atoms with Crippen molar-refractivity contribution in [3.63, 3.8) is 0 Å². The highest BCUT2D eigenvalue weighted by Gasteiger charge is 2.17. The van der Waals surface area contributed by atoms with Gasteiger partial charge in [-0.1, -0.05) is 0 Å². The Labute approximate surface area is 139 Å². The standard InChI is InChI=1S/C16H13BrFNO2S/c1-9-12-8-10(18)2-4-13(12)21-15(9)16(20)19-7-6-11-3-5-14(17)22-11/h2-5,8H,6-7H2,1H3,(H,19,20). The van der Waals surface area contributed by atoms with Crippen LogP contribution in [0.1, 0.15) is 21.0 Å². The first kappa shape index (κ1) is 15.2. The molecule has 0 aliphatic heterocycles. The van der Waals surface area contributed by atoms with E-state index >= 15 is 0 Å². The predicted molar refractivity (Wildman–Crippen MR) is 89.0 cm³/mol. The van der Waals surface area contributed by atoms with Gasteiger partial charge in [-0.25, -0.2) is 4.39 Å². The average molecular weight is 382 g/mol. The maximum atomic E-state index is 13.3. The molecule has 0 atom stereocenters. The molecule has 0 saturated carbocycles. The lowest BCUT2D eigenvalue weighted by molar-refractivity contribution is 0.0928. The first-order valence-corrected chi connectivity index (χ1v) is 8.36. The minimum absolute atomic E-state index is 0.243. The summed E-state index contributed by atoms with van der Waals surface area (Å²) in [5.41, 5.74) is 1.18. The molecule has 0 spiro atoms. The lowest BCUT2D eigenvalue weighted by Gasteiger charge is -2.02. The number of fused-ring (bicyclic) bond motifs is 1. The third-order valence-electron chi connectivity index (χ3n) is 3.39. The van der Waals surface area contributed by atoms with Gasteiger partial charge in [-0.2, -0.15) is 0 Å². The van der Waals surface area contributed by atoms with E-state index in [4.69, 9.17) is 4.42 Å². The van der Waals surface area contributed by atoms with Crippen LogP contribution in [0.25, 0.3) is 11.0 Å². The Bertz CT molecular complexity index is 840. The third-order valence-corrected chi connectivity index (χ3v) is 5.07. The van der Waals surface area contributed by atoms with Gasteiger partial charge in [-0.15, -0.1) is 11.3 Å². The van der Waals surface area contributed by atoms with E-state index < -0.39 is 0 Å². The summed E-state index contributed by atoms with van der Waals surface area (Å²) >= 11 is 5.05. The highest BCUT2D eigenvalue weighted by atomic mass is 79.9. The Balaban J connectivity index is 1.71. The number of benzene rings is 1. The Morgan fingerprint density at radius 3 is 2.91 bits per heavy atom. The van der Waals surface area contributed by atoms with Gasteiger partial charge in [0.15, 0.2) is 5.76 Å². The summed E-state index contributed by atoms with van der Waals surface area (Å²) < 4.78 is 19.9. The van der Waals surface area contributed by atoms with Crippen molar-refractivity contribution in [2.24, 2.45) is 0 Å². The Kier molecular flexibility index (Phi) is 4.31. The molecule has 114 valence electrons. The van der Waals surface area contributed by atoms with Crippen molar-refractivity contribution in [2.45, 2.75) is 13.3 Å². The second-order valence-electron chi connectivity index (χ2n) is 4.91. The zero-order valence-electron chi connectivity index (χ0n) is 11.8. The fourth-order valence-corrected chi connectivity index (χ4v) is 3.76. The van der Waals surface area contributed by atoms with Crippen molar-refractivity contribution in [1.82, 2.24) is 5.32 Å². The number of rotatable bonds is 4. The van der Waals surface area contributed by atoms with Crippen molar-refractivity contribution in [3.05, 3.63) is 56.1 Å². The van der Waals surface area contributed by atoms with Crippen LogP contribution in [0.4, 0.5) is 4.39 Å². The van der Waals surface area contributed by atoms with E-state index in [0.717, 1.165) is 10.2 Å². The number of nitrogens with one attached hydrogen (secondary N) is 1. The molecule has 0 radical (unpaired) electrons. The van der Waals surface area contributed by atoms with E-state index in [1.54, 1.807) is 18.3 Å². The summed E-state index contributed by atoms with van der Waals surface area (Å²) in [5, 5.41) is 3.47. The monoisotopic (exact) mass is 381 g/mol. The number of thiophene rings is 1. The van der Waals surface area contributed by atoms with Crippen LogP contribution >= 0.6 is 27.3 Å². The number of amides is 1. The number of carbonyl (C=O) groups is 1. The minimum Gasteiger partial charge on any atom is -0.451 e. The number of hydrogen-bond donors (Lipinski definition) is 1. The molecule has 0 saturated heterocycles. The van der Waals surface area contributed by atoms with E-state index in [1.165, 1.54) is 23.1 Å². The van der Waals surface area contributed by atoms with E-state index in [-0.39, 0.29) is 17.5 Å². The quantitative estimate of drug-likeness (QED) is 0.712. The zero-order valence-corrected chi connectivity index (χ0v) is 14.2. The van der Waals surface area contributed by atoms with Gasteiger partial charge in [0.05, 0.1) is 3.79 Å². The number of aryl methyl sites for hydroxylation is 1. The fourth-order valence-electron chi connectivity index (χ4n) is 2.28. The number of furan rings is 1. The molecule has 2 aromatic heterocycles. The highest BCUT2D eigenvalue weighted by Crippen LogP contribution is 2.26. The van der Waals surface area contributed by atoms with E-state index in [9.17, 15) is 9.18 Å². The second-order valence-corrected chi connectivity index (χ2v) is 7.46. The van der Waals surface area contributed by atoms with Gasteiger partial charge in [0.25, 0.3) is 5.91 Å². The van der Waals surface area contributed by atoms with Crippen LogP contribution in [0, 0.1) is 12.7 Å². The van der Waals surface area contributed by atoms with Crippen molar-refractivity contribution >= 4 is 44.1 Å². The lowest BCUT2D eigenvalue weighted by atomic mass is 10.1. The maximum absolute atomic E-state index is 13.3. The molecular weight excluding hydrogens is 369 g/mol. The Morgan fingerprint density at radius 1 is 1.36 bits per heavy atom. The zero-order chi connectivity index (χ0) is 15.7. The molecule has 1 N–H and O–H groups in total.